The summed E-state index contributed by atoms with van der Waals surface area (Å²) in [4.78, 5) is 14.8. The molecule has 0 aliphatic heterocycles. The summed E-state index contributed by atoms with van der Waals surface area (Å²) in [6, 6.07) is 5.87. The molecule has 0 aliphatic carbocycles. The lowest BCUT2D eigenvalue weighted by Crippen LogP contribution is -2.24. The highest BCUT2D eigenvalue weighted by molar-refractivity contribution is 7.13. The molecule has 1 N–H and O–H groups in total. The third kappa shape index (κ3) is 6.55. The molecule has 1 aromatic heterocycles. The molecular weight excluding hydrogens is 352 g/mol. The van der Waals surface area contributed by atoms with E-state index in [-0.39, 0.29) is 6.42 Å². The van der Waals surface area contributed by atoms with Crippen molar-refractivity contribution in [2.75, 3.05) is 18.5 Å². The maximum atomic E-state index is 10.6. The molecule has 1 aromatic carbocycles. The molecule has 2 rings (SSSR count). The fraction of sp³-hybridized carbons (Fsp3) is 0.474. The first-order valence-electron chi connectivity index (χ1n) is 8.89. The molecule has 0 unspecified atom stereocenters. The Morgan fingerprint density at radius 3 is 2.81 bits per heavy atom. The Bertz CT molecular complexity index is 703. The maximum absolute atomic E-state index is 10.6. The number of anilines is 1. The zero-order valence-electron chi connectivity index (χ0n) is 15.2. The van der Waals surface area contributed by atoms with Crippen LogP contribution in [0.15, 0.2) is 23.6 Å². The summed E-state index contributed by atoms with van der Waals surface area (Å²) in [6.07, 6.45) is 3.17. The third-order valence-corrected chi connectivity index (χ3v) is 4.48. The second-order valence-electron chi connectivity index (χ2n) is 5.82. The van der Waals surface area contributed by atoms with E-state index >= 15 is 0 Å². The van der Waals surface area contributed by atoms with E-state index in [1.165, 1.54) is 11.3 Å². The molecule has 1 heterocycles. The number of carbonyl (C=O) groups excluding carboxylic acids is 1. The molecule has 0 amide bonds. The summed E-state index contributed by atoms with van der Waals surface area (Å²) in [5.74, 6) is 0.370. The van der Waals surface area contributed by atoms with Crippen LogP contribution in [-0.2, 0) is 17.8 Å². The third-order valence-electron chi connectivity index (χ3n) is 3.63. The van der Waals surface area contributed by atoms with E-state index in [1.54, 1.807) is 5.38 Å². The summed E-state index contributed by atoms with van der Waals surface area (Å²) in [7, 11) is 0. The number of carboxylic acid groups (broad SMARTS) is 1. The molecule has 0 saturated carbocycles. The van der Waals surface area contributed by atoms with E-state index in [4.69, 9.17) is 9.47 Å². The Morgan fingerprint density at radius 1 is 1.23 bits per heavy atom. The number of aromatic nitrogens is 1. The number of nitrogens with zero attached hydrogens (tertiary/aromatic N) is 1. The van der Waals surface area contributed by atoms with Crippen molar-refractivity contribution in [2.24, 2.45) is 0 Å². The van der Waals surface area contributed by atoms with Gasteiger partial charge in [0.05, 0.1) is 18.9 Å². The molecule has 0 radical (unpaired) electrons. The number of ether oxygens (including phenoxy) is 2. The van der Waals surface area contributed by atoms with Gasteiger partial charge in [-0.05, 0) is 31.0 Å². The highest BCUT2D eigenvalue weighted by atomic mass is 32.1. The van der Waals surface area contributed by atoms with Crippen LogP contribution in [0.25, 0.3) is 0 Å². The quantitative estimate of drug-likeness (QED) is 0.573. The van der Waals surface area contributed by atoms with Crippen LogP contribution < -0.4 is 19.9 Å². The fourth-order valence-electron chi connectivity index (χ4n) is 2.38. The number of thiazole rings is 1. The van der Waals surface area contributed by atoms with Gasteiger partial charge in [0, 0.05) is 24.3 Å². The van der Waals surface area contributed by atoms with Gasteiger partial charge in [-0.15, -0.1) is 11.3 Å². The number of nitrogens with one attached hydrogen (secondary N) is 1. The van der Waals surface area contributed by atoms with Crippen LogP contribution in [0.1, 0.15) is 44.4 Å². The second kappa shape index (κ2) is 10.7. The SMILES string of the molecule is CCCCCOc1ccc(CNc2nc(CC(=O)[O-])cs2)cc1OCC. The highest BCUT2D eigenvalue weighted by Crippen LogP contribution is 2.29. The highest BCUT2D eigenvalue weighted by Gasteiger charge is 2.08. The number of carboxylic acids is 1. The smallest absolute Gasteiger partial charge is 0.183 e. The molecule has 0 spiro atoms. The normalized spacial score (nSPS) is 10.5. The molecular formula is C19H25N2O4S-. The average molecular weight is 377 g/mol. The van der Waals surface area contributed by atoms with Crippen molar-refractivity contribution in [1.82, 2.24) is 4.98 Å². The first-order chi connectivity index (χ1) is 12.6. The number of aliphatic carboxylic acids is 1. The number of carbonyl (C=O) groups is 1. The van der Waals surface area contributed by atoms with E-state index < -0.39 is 5.97 Å². The summed E-state index contributed by atoms with van der Waals surface area (Å²) in [6.45, 7) is 5.93. The van der Waals surface area contributed by atoms with Gasteiger partial charge in [0.2, 0.25) is 0 Å². The van der Waals surface area contributed by atoms with E-state index in [1.807, 2.05) is 25.1 Å². The van der Waals surface area contributed by atoms with Crippen LogP contribution in [0.2, 0.25) is 0 Å². The van der Waals surface area contributed by atoms with Crippen LogP contribution in [0.5, 0.6) is 11.5 Å². The van der Waals surface area contributed by atoms with Crippen molar-refractivity contribution >= 4 is 22.4 Å². The molecule has 6 nitrogen and oxygen atoms in total. The van der Waals surface area contributed by atoms with Crippen molar-refractivity contribution in [3.8, 4) is 11.5 Å². The molecule has 7 heteroatoms. The van der Waals surface area contributed by atoms with Gasteiger partial charge in [-0.2, -0.15) is 0 Å². The standard InChI is InChI=1S/C19H26N2O4S/c1-3-5-6-9-25-16-8-7-14(10-17(16)24-4-2)12-20-19-21-15(13-26-19)11-18(22)23/h7-8,10,13H,3-6,9,11-12H2,1-2H3,(H,20,21)(H,22,23)/p-1. The van der Waals surface area contributed by atoms with E-state index in [2.05, 4.69) is 17.2 Å². The van der Waals surface area contributed by atoms with Gasteiger partial charge in [0.25, 0.3) is 0 Å². The maximum Gasteiger partial charge on any atom is 0.183 e. The largest absolute Gasteiger partial charge is 0.550 e. The van der Waals surface area contributed by atoms with Gasteiger partial charge >= 0.3 is 0 Å². The van der Waals surface area contributed by atoms with Crippen LogP contribution in [0.4, 0.5) is 5.13 Å². The van der Waals surface area contributed by atoms with Gasteiger partial charge < -0.3 is 24.7 Å². The zero-order chi connectivity index (χ0) is 18.8. The number of hydrogen-bond acceptors (Lipinski definition) is 7. The first kappa shape index (κ1) is 20.0. The Kier molecular flexibility index (Phi) is 8.21. The lowest BCUT2D eigenvalue weighted by atomic mass is 10.2. The number of unbranched alkanes of at least 4 members (excludes halogenated alkanes) is 2. The predicted octanol–water partition coefficient (Wildman–Crippen LogP) is 3.02. The van der Waals surface area contributed by atoms with Crippen molar-refractivity contribution in [2.45, 2.75) is 46.1 Å². The second-order valence-corrected chi connectivity index (χ2v) is 6.67. The molecule has 26 heavy (non-hydrogen) atoms. The van der Waals surface area contributed by atoms with Crippen LogP contribution in [0.3, 0.4) is 0 Å². The van der Waals surface area contributed by atoms with Crippen LogP contribution in [0, 0.1) is 0 Å². The molecule has 0 fully saturated rings. The van der Waals surface area contributed by atoms with Gasteiger partial charge in [-0.3, -0.25) is 0 Å². The minimum absolute atomic E-state index is 0.170. The predicted molar refractivity (Wildman–Crippen MR) is 101 cm³/mol. The molecule has 0 saturated heterocycles. The van der Waals surface area contributed by atoms with Crippen molar-refractivity contribution in [3.05, 3.63) is 34.8 Å². The average Bonchev–Trinajstić information content (AvgIpc) is 3.05. The lowest BCUT2D eigenvalue weighted by molar-refractivity contribution is -0.304. The Hall–Kier alpha value is -2.28. The molecule has 2 aromatic rings. The Labute approximate surface area is 158 Å². The Balaban J connectivity index is 1.95. The van der Waals surface area contributed by atoms with Crippen LogP contribution in [-0.4, -0.2) is 24.2 Å². The molecule has 0 bridgehead atoms. The monoisotopic (exact) mass is 377 g/mol. The lowest BCUT2D eigenvalue weighted by Gasteiger charge is -2.13. The summed E-state index contributed by atoms with van der Waals surface area (Å²) >= 11 is 1.37. The first-order valence-corrected chi connectivity index (χ1v) is 9.77. The van der Waals surface area contributed by atoms with Gasteiger partial charge in [-0.1, -0.05) is 25.8 Å². The van der Waals surface area contributed by atoms with Crippen molar-refractivity contribution < 1.29 is 19.4 Å². The Morgan fingerprint density at radius 2 is 2.08 bits per heavy atom. The van der Waals surface area contributed by atoms with Gasteiger partial charge in [0.15, 0.2) is 16.6 Å². The molecule has 0 aliphatic rings. The topological polar surface area (TPSA) is 83.5 Å². The summed E-state index contributed by atoms with van der Waals surface area (Å²) in [5, 5.41) is 16.2. The zero-order valence-corrected chi connectivity index (χ0v) is 16.1. The van der Waals surface area contributed by atoms with Gasteiger partial charge in [-0.25, -0.2) is 4.98 Å². The minimum atomic E-state index is -1.13. The fourth-order valence-corrected chi connectivity index (χ4v) is 3.09. The number of hydrogen-bond donors (Lipinski definition) is 1. The summed E-state index contributed by atoms with van der Waals surface area (Å²) < 4.78 is 11.5. The van der Waals surface area contributed by atoms with Gasteiger partial charge in [0.1, 0.15) is 0 Å². The molecule has 0 atom stereocenters. The summed E-state index contributed by atoms with van der Waals surface area (Å²) in [5.41, 5.74) is 1.54. The van der Waals surface area contributed by atoms with Crippen molar-refractivity contribution in [1.29, 1.82) is 0 Å². The number of rotatable bonds is 12. The number of benzene rings is 1. The minimum Gasteiger partial charge on any atom is -0.550 e. The van der Waals surface area contributed by atoms with E-state index in [0.29, 0.717) is 30.6 Å². The molecule has 142 valence electrons. The van der Waals surface area contributed by atoms with Crippen LogP contribution >= 0.6 is 11.3 Å². The van der Waals surface area contributed by atoms with E-state index in [0.717, 1.165) is 36.3 Å². The van der Waals surface area contributed by atoms with E-state index in [9.17, 15) is 9.90 Å². The van der Waals surface area contributed by atoms with Crippen molar-refractivity contribution in [3.63, 3.8) is 0 Å².